The highest BCUT2D eigenvalue weighted by Crippen LogP contribution is 2.10. The molecule has 0 spiro atoms. The first-order valence-electron chi connectivity index (χ1n) is 3.75. The van der Waals surface area contributed by atoms with Crippen LogP contribution in [0.25, 0.3) is 0 Å². The number of benzene rings is 1. The van der Waals surface area contributed by atoms with Crippen LogP contribution in [0.3, 0.4) is 0 Å². The number of amides is 1. The standard InChI is InChI=1S/C9H10FNO2/c1-6-5-7(3-4-8(6)10)9(12)11(2)13/h3-5,13H,1-2H3. The van der Waals surface area contributed by atoms with Crippen LogP contribution in [0.1, 0.15) is 15.9 Å². The van der Waals surface area contributed by atoms with Gasteiger partial charge in [0, 0.05) is 12.6 Å². The molecule has 13 heavy (non-hydrogen) atoms. The number of hydroxylamine groups is 2. The minimum Gasteiger partial charge on any atom is -0.286 e. The molecule has 0 heterocycles. The predicted molar refractivity (Wildman–Crippen MR) is 45.0 cm³/mol. The Hall–Kier alpha value is -1.42. The predicted octanol–water partition coefficient (Wildman–Crippen LogP) is 1.60. The average molecular weight is 183 g/mol. The van der Waals surface area contributed by atoms with E-state index in [-0.39, 0.29) is 11.4 Å². The molecule has 0 aliphatic rings. The zero-order chi connectivity index (χ0) is 10.0. The van der Waals surface area contributed by atoms with E-state index < -0.39 is 5.91 Å². The lowest BCUT2D eigenvalue weighted by Crippen LogP contribution is -2.22. The summed E-state index contributed by atoms with van der Waals surface area (Å²) in [4.78, 5) is 11.2. The van der Waals surface area contributed by atoms with Gasteiger partial charge in [0.1, 0.15) is 5.82 Å². The molecule has 1 N–H and O–H groups in total. The van der Waals surface area contributed by atoms with Gasteiger partial charge in [0.05, 0.1) is 0 Å². The Morgan fingerprint density at radius 2 is 2.15 bits per heavy atom. The van der Waals surface area contributed by atoms with Gasteiger partial charge in [-0.15, -0.1) is 0 Å². The minimum atomic E-state index is -0.553. The molecule has 1 aromatic rings. The van der Waals surface area contributed by atoms with Gasteiger partial charge in [-0.25, -0.2) is 9.45 Å². The number of halogens is 1. The molecule has 0 aliphatic carbocycles. The van der Waals surface area contributed by atoms with E-state index in [1.54, 1.807) is 6.92 Å². The van der Waals surface area contributed by atoms with Crippen molar-refractivity contribution in [2.45, 2.75) is 6.92 Å². The smallest absolute Gasteiger partial charge is 0.276 e. The Labute approximate surface area is 75.4 Å². The molecule has 1 aromatic carbocycles. The Bertz CT molecular complexity index is 336. The second kappa shape index (κ2) is 3.53. The molecule has 0 aromatic heterocycles. The SMILES string of the molecule is Cc1cc(C(=O)N(C)O)ccc1F. The molecular formula is C9H10FNO2. The van der Waals surface area contributed by atoms with E-state index in [0.29, 0.717) is 10.6 Å². The first-order valence-corrected chi connectivity index (χ1v) is 3.75. The van der Waals surface area contributed by atoms with Gasteiger partial charge >= 0.3 is 0 Å². The maximum absolute atomic E-state index is 12.8. The first kappa shape index (κ1) is 9.67. The monoisotopic (exact) mass is 183 g/mol. The van der Waals surface area contributed by atoms with Gasteiger partial charge in [0.25, 0.3) is 5.91 Å². The highest BCUT2D eigenvalue weighted by atomic mass is 19.1. The highest BCUT2D eigenvalue weighted by molar-refractivity contribution is 5.93. The molecule has 3 nitrogen and oxygen atoms in total. The maximum Gasteiger partial charge on any atom is 0.276 e. The fourth-order valence-electron chi connectivity index (χ4n) is 0.965. The zero-order valence-corrected chi connectivity index (χ0v) is 7.41. The molecule has 0 saturated carbocycles. The second-order valence-electron chi connectivity index (χ2n) is 2.79. The van der Waals surface area contributed by atoms with E-state index in [0.717, 1.165) is 0 Å². The summed E-state index contributed by atoms with van der Waals surface area (Å²) in [6.07, 6.45) is 0. The number of aryl methyl sites for hydroxylation is 1. The number of rotatable bonds is 1. The van der Waals surface area contributed by atoms with Crippen LogP contribution in [0.2, 0.25) is 0 Å². The van der Waals surface area contributed by atoms with Crippen molar-refractivity contribution in [3.05, 3.63) is 35.1 Å². The summed E-state index contributed by atoms with van der Waals surface area (Å²) in [6.45, 7) is 1.56. The van der Waals surface area contributed by atoms with E-state index >= 15 is 0 Å². The van der Waals surface area contributed by atoms with Crippen molar-refractivity contribution in [3.63, 3.8) is 0 Å². The summed E-state index contributed by atoms with van der Waals surface area (Å²) in [7, 11) is 1.22. The number of hydrogen-bond acceptors (Lipinski definition) is 2. The van der Waals surface area contributed by atoms with Crippen molar-refractivity contribution in [1.29, 1.82) is 0 Å². The van der Waals surface area contributed by atoms with Crippen LogP contribution in [-0.4, -0.2) is 23.2 Å². The van der Waals surface area contributed by atoms with E-state index in [1.807, 2.05) is 0 Å². The third-order valence-corrected chi connectivity index (χ3v) is 1.70. The third-order valence-electron chi connectivity index (χ3n) is 1.70. The molecular weight excluding hydrogens is 173 g/mol. The third kappa shape index (κ3) is 2.03. The van der Waals surface area contributed by atoms with Crippen LogP contribution in [0.5, 0.6) is 0 Å². The Kier molecular flexibility index (Phi) is 2.63. The summed E-state index contributed by atoms with van der Waals surface area (Å²) in [5, 5.41) is 9.29. The van der Waals surface area contributed by atoms with Gasteiger partial charge in [-0.1, -0.05) is 0 Å². The molecule has 0 bridgehead atoms. The maximum atomic E-state index is 12.8. The second-order valence-corrected chi connectivity index (χ2v) is 2.79. The van der Waals surface area contributed by atoms with E-state index in [2.05, 4.69) is 0 Å². The summed E-state index contributed by atoms with van der Waals surface area (Å²) in [6, 6.07) is 3.92. The Balaban J connectivity index is 3.04. The minimum absolute atomic E-state index is 0.268. The average Bonchev–Trinajstić information content (AvgIpc) is 2.08. The van der Waals surface area contributed by atoms with Gasteiger partial charge in [0.15, 0.2) is 0 Å². The number of hydrogen-bond donors (Lipinski definition) is 1. The van der Waals surface area contributed by atoms with Crippen LogP contribution >= 0.6 is 0 Å². The number of carbonyl (C=O) groups is 1. The van der Waals surface area contributed by atoms with E-state index in [9.17, 15) is 9.18 Å². The molecule has 0 fully saturated rings. The lowest BCUT2D eigenvalue weighted by atomic mass is 10.1. The number of carbonyl (C=O) groups excluding carboxylic acids is 1. The summed E-state index contributed by atoms with van der Waals surface area (Å²) < 4.78 is 12.8. The van der Waals surface area contributed by atoms with E-state index in [4.69, 9.17) is 5.21 Å². The van der Waals surface area contributed by atoms with Crippen LogP contribution in [0, 0.1) is 12.7 Å². The lowest BCUT2D eigenvalue weighted by molar-refractivity contribution is -0.0375. The van der Waals surface area contributed by atoms with Gasteiger partial charge in [0.2, 0.25) is 0 Å². The number of nitrogens with zero attached hydrogens (tertiary/aromatic N) is 1. The Morgan fingerprint density at radius 3 is 2.62 bits per heavy atom. The summed E-state index contributed by atoms with van der Waals surface area (Å²) >= 11 is 0. The van der Waals surface area contributed by atoms with E-state index in [1.165, 1.54) is 25.2 Å². The van der Waals surface area contributed by atoms with Gasteiger partial charge in [-0.2, -0.15) is 0 Å². The van der Waals surface area contributed by atoms with Crippen LogP contribution in [0.15, 0.2) is 18.2 Å². The van der Waals surface area contributed by atoms with Crippen molar-refractivity contribution < 1.29 is 14.4 Å². The Morgan fingerprint density at radius 1 is 1.54 bits per heavy atom. The van der Waals surface area contributed by atoms with Crippen molar-refractivity contribution in [2.24, 2.45) is 0 Å². The molecule has 70 valence electrons. The molecule has 1 amide bonds. The molecule has 0 unspecified atom stereocenters. The van der Waals surface area contributed by atoms with Crippen LogP contribution in [0.4, 0.5) is 4.39 Å². The summed E-state index contributed by atoms with van der Waals surface area (Å²) in [5.41, 5.74) is 0.650. The fraction of sp³-hybridized carbons (Fsp3) is 0.222. The van der Waals surface area contributed by atoms with Crippen molar-refractivity contribution in [3.8, 4) is 0 Å². The first-order chi connectivity index (χ1) is 6.02. The fourth-order valence-corrected chi connectivity index (χ4v) is 0.965. The molecule has 0 atom stereocenters. The quantitative estimate of drug-likeness (QED) is 0.530. The van der Waals surface area contributed by atoms with Gasteiger partial charge in [-0.3, -0.25) is 10.0 Å². The van der Waals surface area contributed by atoms with Gasteiger partial charge in [-0.05, 0) is 30.7 Å². The normalized spacial score (nSPS) is 9.85. The van der Waals surface area contributed by atoms with Crippen molar-refractivity contribution in [1.82, 2.24) is 5.06 Å². The largest absolute Gasteiger partial charge is 0.286 e. The van der Waals surface area contributed by atoms with Crippen molar-refractivity contribution >= 4 is 5.91 Å². The van der Waals surface area contributed by atoms with Gasteiger partial charge < -0.3 is 0 Å². The molecule has 0 radical (unpaired) electrons. The molecule has 1 rings (SSSR count). The summed E-state index contributed by atoms with van der Waals surface area (Å²) in [5.74, 6) is -0.916. The topological polar surface area (TPSA) is 40.5 Å². The van der Waals surface area contributed by atoms with Crippen molar-refractivity contribution in [2.75, 3.05) is 7.05 Å². The van der Waals surface area contributed by atoms with Crippen LogP contribution < -0.4 is 0 Å². The van der Waals surface area contributed by atoms with Crippen LogP contribution in [-0.2, 0) is 0 Å². The molecule has 4 heteroatoms. The lowest BCUT2D eigenvalue weighted by Gasteiger charge is -2.08. The molecule has 0 saturated heterocycles. The molecule has 0 aliphatic heterocycles. The highest BCUT2D eigenvalue weighted by Gasteiger charge is 2.10. The zero-order valence-electron chi connectivity index (χ0n) is 7.41.